The highest BCUT2D eigenvalue weighted by Crippen LogP contribution is 2.19. The van der Waals surface area contributed by atoms with Crippen LogP contribution in [0.25, 0.3) is 0 Å². The number of rotatable bonds is 66. The zero-order valence-electron chi connectivity index (χ0n) is 53.9. The van der Waals surface area contributed by atoms with E-state index in [1.807, 2.05) is 0 Å². The first-order valence-electron chi connectivity index (χ1n) is 35.6. The average molecular weight is 1120 g/mol. The van der Waals surface area contributed by atoms with Crippen molar-refractivity contribution in [3.8, 4) is 0 Å². The van der Waals surface area contributed by atoms with Gasteiger partial charge in [0.05, 0.1) is 0 Å². The molecule has 0 fully saturated rings. The second kappa shape index (κ2) is 68.9. The molecule has 0 spiro atoms. The summed E-state index contributed by atoms with van der Waals surface area (Å²) in [5.41, 5.74) is 0. The van der Waals surface area contributed by atoms with Crippen molar-refractivity contribution in [1.29, 1.82) is 0 Å². The molecule has 1 unspecified atom stereocenters. The number of allylic oxidation sites excluding steroid dienone is 8. The molecule has 0 N–H and O–H groups in total. The van der Waals surface area contributed by atoms with E-state index >= 15 is 0 Å². The molecule has 0 rings (SSSR count). The van der Waals surface area contributed by atoms with Crippen LogP contribution in [0, 0.1) is 0 Å². The quantitative estimate of drug-likeness (QED) is 0.0261. The molecule has 0 saturated heterocycles. The van der Waals surface area contributed by atoms with E-state index in [0.717, 1.165) is 83.5 Å². The molecular formula is C74H136O6. The molecule has 0 aliphatic carbocycles. The number of hydrogen-bond acceptors (Lipinski definition) is 6. The molecule has 80 heavy (non-hydrogen) atoms. The Morgan fingerprint density at radius 3 is 0.762 bits per heavy atom. The Labute approximate surface area is 498 Å². The van der Waals surface area contributed by atoms with Gasteiger partial charge in [-0.15, -0.1) is 0 Å². The molecule has 0 amide bonds. The Morgan fingerprint density at radius 1 is 0.263 bits per heavy atom. The lowest BCUT2D eigenvalue weighted by atomic mass is 10.0. The van der Waals surface area contributed by atoms with Crippen molar-refractivity contribution in [2.45, 2.75) is 393 Å². The minimum atomic E-state index is -0.766. The van der Waals surface area contributed by atoms with Gasteiger partial charge in [-0.2, -0.15) is 0 Å². The summed E-state index contributed by atoms with van der Waals surface area (Å²) in [6.07, 6.45) is 87.3. The Balaban J connectivity index is 4.03. The SMILES string of the molecule is CC/C=C\C/C=C\C/C=C\C/C=C\CCCCCCCCCCCCCCCCCCCCCCCCC(=O)OCC(COC(=O)CCCCCCCCCCCCCC)OC(=O)CCCCCCCCCCCCCCCCC. The molecule has 0 aromatic heterocycles. The van der Waals surface area contributed by atoms with Crippen LogP contribution < -0.4 is 0 Å². The van der Waals surface area contributed by atoms with Crippen LogP contribution >= 0.6 is 0 Å². The van der Waals surface area contributed by atoms with Gasteiger partial charge in [0.15, 0.2) is 6.10 Å². The van der Waals surface area contributed by atoms with Crippen molar-refractivity contribution in [2.24, 2.45) is 0 Å². The summed E-state index contributed by atoms with van der Waals surface area (Å²) in [5.74, 6) is -0.834. The number of carbonyl (C=O) groups excluding carboxylic acids is 3. The van der Waals surface area contributed by atoms with E-state index in [1.54, 1.807) is 0 Å². The van der Waals surface area contributed by atoms with Crippen LogP contribution in [0.1, 0.15) is 387 Å². The van der Waals surface area contributed by atoms with E-state index in [4.69, 9.17) is 14.2 Å². The largest absolute Gasteiger partial charge is 0.462 e. The lowest BCUT2D eigenvalue weighted by Gasteiger charge is -2.18. The third kappa shape index (κ3) is 66.2. The summed E-state index contributed by atoms with van der Waals surface area (Å²) in [6.45, 7) is 6.59. The zero-order valence-corrected chi connectivity index (χ0v) is 53.9. The minimum Gasteiger partial charge on any atom is -0.462 e. The monoisotopic (exact) mass is 1120 g/mol. The van der Waals surface area contributed by atoms with E-state index in [2.05, 4.69) is 69.4 Å². The van der Waals surface area contributed by atoms with Gasteiger partial charge in [0.1, 0.15) is 13.2 Å². The van der Waals surface area contributed by atoms with E-state index < -0.39 is 6.10 Å². The summed E-state index contributed by atoms with van der Waals surface area (Å²) >= 11 is 0. The Hall–Kier alpha value is -2.63. The van der Waals surface area contributed by atoms with Gasteiger partial charge in [-0.1, -0.05) is 358 Å². The zero-order chi connectivity index (χ0) is 57.8. The molecule has 0 aliphatic rings. The van der Waals surface area contributed by atoms with E-state index in [9.17, 15) is 14.4 Å². The van der Waals surface area contributed by atoms with Crippen LogP contribution in [0.5, 0.6) is 0 Å². The first kappa shape index (κ1) is 77.4. The van der Waals surface area contributed by atoms with Gasteiger partial charge in [0, 0.05) is 19.3 Å². The van der Waals surface area contributed by atoms with Crippen LogP contribution in [0.3, 0.4) is 0 Å². The van der Waals surface area contributed by atoms with Gasteiger partial charge in [-0.25, -0.2) is 0 Å². The summed E-state index contributed by atoms with van der Waals surface area (Å²) in [7, 11) is 0. The maximum atomic E-state index is 12.9. The third-order valence-corrected chi connectivity index (χ3v) is 16.1. The molecule has 0 aromatic rings. The van der Waals surface area contributed by atoms with Gasteiger partial charge in [-0.05, 0) is 57.8 Å². The van der Waals surface area contributed by atoms with Crippen molar-refractivity contribution in [3.05, 3.63) is 48.6 Å². The lowest BCUT2D eigenvalue weighted by molar-refractivity contribution is -0.167. The van der Waals surface area contributed by atoms with Crippen molar-refractivity contribution in [1.82, 2.24) is 0 Å². The standard InChI is InChI=1S/C74H136O6/c1-4-7-10-13-16-19-22-25-27-28-29-30-31-32-33-34-35-36-37-38-39-40-41-42-43-44-45-46-48-49-52-55-58-61-64-67-73(76)79-70-71(69-78-72(75)66-63-60-57-54-51-24-21-18-15-12-9-6-3)80-74(77)68-65-62-59-56-53-50-47-26-23-20-17-14-11-8-5-2/h7,10,16,19,25,27,29-30,71H,4-6,8-9,11-15,17-18,20-24,26,28,31-70H2,1-3H3/b10-7-,19-16-,27-25-,30-29-. The summed E-state index contributed by atoms with van der Waals surface area (Å²) < 4.78 is 17.0. The fraction of sp³-hybridized carbons (Fsp3) is 0.851. The summed E-state index contributed by atoms with van der Waals surface area (Å²) in [6, 6.07) is 0. The van der Waals surface area contributed by atoms with Gasteiger partial charge in [0.25, 0.3) is 0 Å². The maximum Gasteiger partial charge on any atom is 0.306 e. The topological polar surface area (TPSA) is 78.9 Å². The number of hydrogen-bond donors (Lipinski definition) is 0. The number of ether oxygens (including phenoxy) is 3. The predicted molar refractivity (Wildman–Crippen MR) is 349 cm³/mol. The fourth-order valence-electron chi connectivity index (χ4n) is 10.8. The van der Waals surface area contributed by atoms with E-state index in [0.29, 0.717) is 19.3 Å². The van der Waals surface area contributed by atoms with Crippen LogP contribution in [-0.2, 0) is 28.6 Å². The van der Waals surface area contributed by atoms with Gasteiger partial charge >= 0.3 is 17.9 Å². The minimum absolute atomic E-state index is 0.0642. The van der Waals surface area contributed by atoms with Gasteiger partial charge < -0.3 is 14.2 Å². The molecule has 0 saturated carbocycles. The highest BCUT2D eigenvalue weighted by Gasteiger charge is 2.19. The molecule has 1 atom stereocenters. The van der Waals surface area contributed by atoms with E-state index in [-0.39, 0.29) is 31.1 Å². The Morgan fingerprint density at radius 2 is 0.487 bits per heavy atom. The molecular weight excluding hydrogens is 985 g/mol. The second-order valence-corrected chi connectivity index (χ2v) is 24.1. The van der Waals surface area contributed by atoms with Crippen molar-refractivity contribution >= 4 is 17.9 Å². The maximum absolute atomic E-state index is 12.9. The van der Waals surface area contributed by atoms with Gasteiger partial charge in [-0.3, -0.25) is 14.4 Å². The molecule has 6 nitrogen and oxygen atoms in total. The van der Waals surface area contributed by atoms with Crippen LogP contribution in [0.4, 0.5) is 0 Å². The van der Waals surface area contributed by atoms with Crippen molar-refractivity contribution in [3.63, 3.8) is 0 Å². The molecule has 0 radical (unpaired) electrons. The molecule has 6 heteroatoms. The van der Waals surface area contributed by atoms with Crippen molar-refractivity contribution in [2.75, 3.05) is 13.2 Å². The van der Waals surface area contributed by atoms with Crippen LogP contribution in [-0.4, -0.2) is 37.2 Å². The van der Waals surface area contributed by atoms with E-state index in [1.165, 1.54) is 263 Å². The normalized spacial score (nSPS) is 12.3. The first-order valence-corrected chi connectivity index (χ1v) is 35.6. The van der Waals surface area contributed by atoms with Crippen LogP contribution in [0.2, 0.25) is 0 Å². The third-order valence-electron chi connectivity index (χ3n) is 16.1. The number of esters is 3. The first-order chi connectivity index (χ1) is 39.5. The average Bonchev–Trinajstić information content (AvgIpc) is 3.46. The Bertz CT molecular complexity index is 1380. The summed E-state index contributed by atoms with van der Waals surface area (Å²) in [4.78, 5) is 38.3. The number of unbranched alkanes of at least 4 members (excludes halogenated alkanes) is 47. The van der Waals surface area contributed by atoms with Gasteiger partial charge in [0.2, 0.25) is 0 Å². The second-order valence-electron chi connectivity index (χ2n) is 24.1. The van der Waals surface area contributed by atoms with Crippen LogP contribution in [0.15, 0.2) is 48.6 Å². The predicted octanol–water partition coefficient (Wildman–Crippen LogP) is 24.5. The molecule has 0 aliphatic heterocycles. The molecule has 0 aromatic carbocycles. The molecule has 468 valence electrons. The molecule has 0 bridgehead atoms. The Kier molecular flexibility index (Phi) is 66.6. The number of carbonyl (C=O) groups is 3. The highest BCUT2D eigenvalue weighted by atomic mass is 16.6. The van der Waals surface area contributed by atoms with Crippen molar-refractivity contribution < 1.29 is 28.6 Å². The lowest BCUT2D eigenvalue weighted by Crippen LogP contribution is -2.30. The highest BCUT2D eigenvalue weighted by molar-refractivity contribution is 5.71. The fourth-order valence-corrected chi connectivity index (χ4v) is 10.8. The molecule has 0 heterocycles. The summed E-state index contributed by atoms with van der Waals surface area (Å²) in [5, 5.41) is 0. The smallest absolute Gasteiger partial charge is 0.306 e.